The van der Waals surface area contributed by atoms with E-state index in [1.54, 1.807) is 0 Å². The minimum Gasteiger partial charge on any atom is -0.330 e. The first-order valence-corrected chi connectivity index (χ1v) is 6.70. The summed E-state index contributed by atoms with van der Waals surface area (Å²) >= 11 is 0. The zero-order valence-electron chi connectivity index (χ0n) is 11.3. The van der Waals surface area contributed by atoms with Crippen LogP contribution in [0, 0.1) is 0 Å². The van der Waals surface area contributed by atoms with Crippen LogP contribution in [-0.2, 0) is 0 Å². The van der Waals surface area contributed by atoms with Gasteiger partial charge in [0, 0.05) is 25.2 Å². The Bertz CT molecular complexity index is 192. The lowest BCUT2D eigenvalue weighted by Gasteiger charge is -2.45. The molecule has 96 valence electrons. The van der Waals surface area contributed by atoms with Crippen LogP contribution in [0.1, 0.15) is 39.5 Å². The molecule has 0 aliphatic carbocycles. The molecule has 3 heteroatoms. The minimum atomic E-state index is 0.343. The fourth-order valence-electron chi connectivity index (χ4n) is 2.37. The molecule has 1 aliphatic heterocycles. The molecule has 3 nitrogen and oxygen atoms in total. The van der Waals surface area contributed by atoms with Crippen molar-refractivity contribution < 1.29 is 0 Å². The van der Waals surface area contributed by atoms with Crippen LogP contribution in [-0.4, -0.2) is 55.1 Å². The van der Waals surface area contributed by atoms with E-state index in [0.717, 1.165) is 6.54 Å². The van der Waals surface area contributed by atoms with Gasteiger partial charge < -0.3 is 10.6 Å². The van der Waals surface area contributed by atoms with Crippen molar-refractivity contribution >= 4 is 0 Å². The quantitative estimate of drug-likeness (QED) is 0.699. The molecule has 1 heterocycles. The molecule has 0 amide bonds. The molecule has 2 N–H and O–H groups in total. The molecular formula is C13H29N3. The molecule has 0 radical (unpaired) electrons. The maximum Gasteiger partial charge on any atom is 0.0277 e. The highest BCUT2D eigenvalue weighted by atomic mass is 15.3. The van der Waals surface area contributed by atoms with Crippen LogP contribution in [0.15, 0.2) is 0 Å². The second kappa shape index (κ2) is 6.58. The van der Waals surface area contributed by atoms with Gasteiger partial charge in [0.25, 0.3) is 0 Å². The lowest BCUT2D eigenvalue weighted by Crippen LogP contribution is -2.57. The summed E-state index contributed by atoms with van der Waals surface area (Å²) in [5.74, 6) is 0. The largest absolute Gasteiger partial charge is 0.330 e. The van der Waals surface area contributed by atoms with Crippen molar-refractivity contribution in [2.75, 3.05) is 39.8 Å². The topological polar surface area (TPSA) is 32.5 Å². The summed E-state index contributed by atoms with van der Waals surface area (Å²) in [6.45, 7) is 10.4. The molecule has 0 saturated carbocycles. The van der Waals surface area contributed by atoms with E-state index in [2.05, 4.69) is 30.7 Å². The van der Waals surface area contributed by atoms with Crippen LogP contribution >= 0.6 is 0 Å². The second-order valence-electron chi connectivity index (χ2n) is 5.71. The Morgan fingerprint density at radius 3 is 2.38 bits per heavy atom. The van der Waals surface area contributed by atoms with Crippen LogP contribution < -0.4 is 5.73 Å². The smallest absolute Gasteiger partial charge is 0.0277 e. The number of nitrogens with two attached hydrogens (primary N) is 1. The number of piperazine rings is 1. The Balaban J connectivity index is 2.14. The molecule has 1 saturated heterocycles. The SMILES string of the molecule is CN1CCN(CCCCCCN)CC1(C)C. The van der Waals surface area contributed by atoms with Gasteiger partial charge in [0.2, 0.25) is 0 Å². The lowest BCUT2D eigenvalue weighted by molar-refractivity contribution is 0.0393. The molecule has 1 fully saturated rings. The summed E-state index contributed by atoms with van der Waals surface area (Å²) in [7, 11) is 2.23. The number of nitrogens with zero attached hydrogens (tertiary/aromatic N) is 2. The fourth-order valence-corrected chi connectivity index (χ4v) is 2.37. The van der Waals surface area contributed by atoms with Crippen molar-refractivity contribution in [3.05, 3.63) is 0 Å². The van der Waals surface area contributed by atoms with Gasteiger partial charge in [-0.25, -0.2) is 0 Å². The highest BCUT2D eigenvalue weighted by Crippen LogP contribution is 2.19. The van der Waals surface area contributed by atoms with Crippen molar-refractivity contribution in [1.82, 2.24) is 9.80 Å². The molecule has 0 unspecified atom stereocenters. The van der Waals surface area contributed by atoms with Crippen LogP contribution in [0.4, 0.5) is 0 Å². The standard InChI is InChI=1S/C13H29N3/c1-13(2)12-16(11-10-15(13)3)9-7-5-4-6-8-14/h4-12,14H2,1-3H3. The Kier molecular flexibility index (Phi) is 5.73. The zero-order chi connectivity index (χ0) is 12.0. The average Bonchev–Trinajstić information content (AvgIpc) is 2.23. The Labute approximate surface area is 101 Å². The third-order valence-electron chi connectivity index (χ3n) is 3.82. The van der Waals surface area contributed by atoms with Gasteiger partial charge in [-0.3, -0.25) is 4.90 Å². The third kappa shape index (κ3) is 4.40. The number of hydrogen-bond acceptors (Lipinski definition) is 3. The zero-order valence-corrected chi connectivity index (χ0v) is 11.3. The van der Waals surface area contributed by atoms with Gasteiger partial charge in [-0.2, -0.15) is 0 Å². The van der Waals surface area contributed by atoms with E-state index in [-0.39, 0.29) is 0 Å². The first-order valence-electron chi connectivity index (χ1n) is 6.70. The lowest BCUT2D eigenvalue weighted by atomic mass is 9.99. The number of unbranched alkanes of at least 4 members (excludes halogenated alkanes) is 3. The maximum atomic E-state index is 5.49. The fraction of sp³-hybridized carbons (Fsp3) is 1.00. The predicted molar refractivity (Wildman–Crippen MR) is 70.7 cm³/mol. The normalized spacial score (nSPS) is 22.5. The molecule has 0 aromatic rings. The summed E-state index contributed by atoms with van der Waals surface area (Å²) in [6, 6.07) is 0. The van der Waals surface area contributed by atoms with Gasteiger partial charge >= 0.3 is 0 Å². The van der Waals surface area contributed by atoms with Crippen molar-refractivity contribution in [3.63, 3.8) is 0 Å². The van der Waals surface area contributed by atoms with Crippen LogP contribution in [0.25, 0.3) is 0 Å². The van der Waals surface area contributed by atoms with Gasteiger partial charge in [-0.15, -0.1) is 0 Å². The van der Waals surface area contributed by atoms with Gasteiger partial charge in [0.1, 0.15) is 0 Å². The van der Waals surface area contributed by atoms with Crippen molar-refractivity contribution in [2.24, 2.45) is 5.73 Å². The first kappa shape index (κ1) is 13.9. The van der Waals surface area contributed by atoms with Gasteiger partial charge in [0.15, 0.2) is 0 Å². The highest BCUT2D eigenvalue weighted by Gasteiger charge is 2.30. The molecule has 16 heavy (non-hydrogen) atoms. The van der Waals surface area contributed by atoms with Crippen molar-refractivity contribution in [1.29, 1.82) is 0 Å². The van der Waals surface area contributed by atoms with E-state index in [9.17, 15) is 0 Å². The van der Waals surface area contributed by atoms with E-state index >= 15 is 0 Å². The molecule has 0 atom stereocenters. The number of likely N-dealkylation sites (N-methyl/N-ethyl adjacent to an activating group) is 1. The minimum absolute atomic E-state index is 0.343. The van der Waals surface area contributed by atoms with Crippen molar-refractivity contribution in [2.45, 2.75) is 45.1 Å². The summed E-state index contributed by atoms with van der Waals surface area (Å²) < 4.78 is 0. The van der Waals surface area contributed by atoms with E-state index in [0.29, 0.717) is 5.54 Å². The Morgan fingerprint density at radius 2 is 1.75 bits per heavy atom. The van der Waals surface area contributed by atoms with E-state index in [1.165, 1.54) is 51.9 Å². The van der Waals surface area contributed by atoms with Gasteiger partial charge in [0.05, 0.1) is 0 Å². The summed E-state index contributed by atoms with van der Waals surface area (Å²) in [6.07, 6.45) is 5.16. The van der Waals surface area contributed by atoms with E-state index in [1.807, 2.05) is 0 Å². The highest BCUT2D eigenvalue weighted by molar-refractivity contribution is 4.87. The van der Waals surface area contributed by atoms with E-state index < -0.39 is 0 Å². The molecule has 0 aromatic heterocycles. The van der Waals surface area contributed by atoms with Gasteiger partial charge in [-0.1, -0.05) is 12.8 Å². The van der Waals surface area contributed by atoms with Crippen LogP contribution in [0.2, 0.25) is 0 Å². The summed E-state index contributed by atoms with van der Waals surface area (Å²) in [5, 5.41) is 0. The molecule has 0 bridgehead atoms. The molecule has 1 aliphatic rings. The van der Waals surface area contributed by atoms with Crippen molar-refractivity contribution in [3.8, 4) is 0 Å². The molecule has 0 spiro atoms. The van der Waals surface area contributed by atoms with E-state index in [4.69, 9.17) is 5.73 Å². The summed E-state index contributed by atoms with van der Waals surface area (Å²) in [4.78, 5) is 5.08. The molecular weight excluding hydrogens is 198 g/mol. The summed E-state index contributed by atoms with van der Waals surface area (Å²) in [5.41, 5.74) is 5.83. The van der Waals surface area contributed by atoms with Crippen LogP contribution in [0.3, 0.4) is 0 Å². The average molecular weight is 227 g/mol. The third-order valence-corrected chi connectivity index (χ3v) is 3.82. The maximum absolute atomic E-state index is 5.49. The monoisotopic (exact) mass is 227 g/mol. The second-order valence-corrected chi connectivity index (χ2v) is 5.71. The Hall–Kier alpha value is -0.120. The molecule has 1 rings (SSSR count). The number of rotatable bonds is 6. The van der Waals surface area contributed by atoms with Gasteiger partial charge in [-0.05, 0) is 46.8 Å². The Morgan fingerprint density at radius 1 is 1.06 bits per heavy atom. The number of hydrogen-bond donors (Lipinski definition) is 1. The first-order chi connectivity index (χ1) is 7.56. The van der Waals surface area contributed by atoms with Crippen LogP contribution in [0.5, 0.6) is 0 Å². The predicted octanol–water partition coefficient (Wildman–Crippen LogP) is 1.53. The molecule has 0 aromatic carbocycles.